The molecule has 7 heavy (non-hydrogen) atoms. The molecule has 0 aliphatic rings. The number of nitrogens with zero attached hydrogens (tertiary/aromatic N) is 2. The molecule has 0 saturated carbocycles. The minimum Gasteiger partial charge on any atom is -0.367 e. The molecule has 0 heterocycles. The van der Waals surface area contributed by atoms with E-state index >= 15 is 0 Å². The van der Waals surface area contributed by atoms with Crippen molar-refractivity contribution in [2.45, 2.75) is 0 Å². The van der Waals surface area contributed by atoms with Gasteiger partial charge in [-0.15, -0.1) is 0 Å². The summed E-state index contributed by atoms with van der Waals surface area (Å²) >= 11 is 0. The van der Waals surface area contributed by atoms with Crippen LogP contribution in [0.15, 0.2) is 5.10 Å². The van der Waals surface area contributed by atoms with E-state index in [2.05, 4.69) is 10.5 Å². The van der Waals surface area contributed by atoms with Crippen molar-refractivity contribution in [2.24, 2.45) is 5.10 Å². The van der Waals surface area contributed by atoms with Gasteiger partial charge in [-0.05, 0) is 0 Å². The Kier molecular flexibility index (Phi) is 3.10. The van der Waals surface area contributed by atoms with Crippen molar-refractivity contribution in [3.63, 3.8) is 0 Å². The second kappa shape index (κ2) is 3.46. The maximum absolute atomic E-state index is 3.72. The van der Waals surface area contributed by atoms with Gasteiger partial charge in [0.1, 0.15) is 6.34 Å². The Balaban J connectivity index is 3.08. The lowest BCUT2D eigenvalue weighted by Gasteiger charge is -1.99. The fraction of sp³-hybridized carbons (Fsp3) is 0.750. The summed E-state index contributed by atoms with van der Waals surface area (Å²) in [5, 5.41) is 3.72. The predicted octanol–water partition coefficient (Wildman–Crippen LogP) is -0.289. The first-order valence-electron chi connectivity index (χ1n) is 2.13. The number of hydrogen-bond acceptors (Lipinski definition) is 2. The molecule has 0 unspecified atom stereocenters. The summed E-state index contributed by atoms with van der Waals surface area (Å²) in [6, 6.07) is 0. The smallest absolute Gasteiger partial charge is 0.110 e. The van der Waals surface area contributed by atoms with Gasteiger partial charge in [0.2, 0.25) is 0 Å². The molecule has 42 valence electrons. The van der Waals surface area contributed by atoms with Crippen LogP contribution in [-0.2, 0) is 0 Å². The van der Waals surface area contributed by atoms with Crippen LogP contribution < -0.4 is 5.43 Å². The number of rotatable bonds is 2. The Labute approximate surface area is 44.0 Å². The largest absolute Gasteiger partial charge is 0.367 e. The SMILES string of the molecule is CNN=CN(C)C. The summed E-state index contributed by atoms with van der Waals surface area (Å²) in [6.07, 6.45) is 1.69. The average molecular weight is 101 g/mol. The van der Waals surface area contributed by atoms with E-state index in [4.69, 9.17) is 0 Å². The van der Waals surface area contributed by atoms with E-state index in [0.717, 1.165) is 0 Å². The van der Waals surface area contributed by atoms with Crippen LogP contribution in [-0.4, -0.2) is 32.4 Å². The Morgan fingerprint density at radius 3 is 2.29 bits per heavy atom. The summed E-state index contributed by atoms with van der Waals surface area (Å²) in [6.45, 7) is 0. The number of hydrazone groups is 1. The zero-order chi connectivity index (χ0) is 5.70. The van der Waals surface area contributed by atoms with E-state index in [1.54, 1.807) is 13.4 Å². The van der Waals surface area contributed by atoms with Crippen LogP contribution in [0.25, 0.3) is 0 Å². The zero-order valence-electron chi connectivity index (χ0n) is 4.97. The van der Waals surface area contributed by atoms with Crippen LogP contribution in [0.4, 0.5) is 0 Å². The molecule has 0 saturated heterocycles. The van der Waals surface area contributed by atoms with Gasteiger partial charge in [0, 0.05) is 21.1 Å². The van der Waals surface area contributed by atoms with E-state index in [9.17, 15) is 0 Å². The molecule has 0 spiro atoms. The monoisotopic (exact) mass is 101 g/mol. The third-order valence-electron chi connectivity index (χ3n) is 0.418. The topological polar surface area (TPSA) is 27.6 Å². The first-order valence-corrected chi connectivity index (χ1v) is 2.13. The van der Waals surface area contributed by atoms with E-state index in [1.807, 2.05) is 19.0 Å². The summed E-state index contributed by atoms with van der Waals surface area (Å²) in [4.78, 5) is 1.86. The van der Waals surface area contributed by atoms with Crippen molar-refractivity contribution in [2.75, 3.05) is 21.1 Å². The molecule has 0 aliphatic heterocycles. The van der Waals surface area contributed by atoms with Crippen LogP contribution in [0.2, 0.25) is 0 Å². The molecular formula is C4H11N3. The Bertz CT molecular complexity index is 58.0. The van der Waals surface area contributed by atoms with Crippen molar-refractivity contribution in [1.29, 1.82) is 0 Å². The Morgan fingerprint density at radius 2 is 2.14 bits per heavy atom. The third-order valence-corrected chi connectivity index (χ3v) is 0.418. The van der Waals surface area contributed by atoms with Crippen molar-refractivity contribution in [3.05, 3.63) is 0 Å². The molecule has 3 nitrogen and oxygen atoms in total. The molecule has 3 heteroatoms. The predicted molar refractivity (Wildman–Crippen MR) is 31.2 cm³/mol. The highest BCUT2D eigenvalue weighted by Gasteiger charge is 1.69. The normalized spacial score (nSPS) is 9.57. The molecule has 0 amide bonds. The fourth-order valence-corrected chi connectivity index (χ4v) is 0.173. The second-order valence-electron chi connectivity index (χ2n) is 1.43. The Hall–Kier alpha value is -0.730. The van der Waals surface area contributed by atoms with E-state index in [0.29, 0.717) is 0 Å². The Morgan fingerprint density at radius 1 is 1.57 bits per heavy atom. The van der Waals surface area contributed by atoms with Gasteiger partial charge in [-0.1, -0.05) is 0 Å². The summed E-state index contributed by atoms with van der Waals surface area (Å²) in [5.41, 5.74) is 2.63. The third kappa shape index (κ3) is 5.27. The van der Waals surface area contributed by atoms with Gasteiger partial charge in [0.25, 0.3) is 0 Å². The maximum atomic E-state index is 3.72. The molecule has 0 aromatic heterocycles. The van der Waals surface area contributed by atoms with Crippen molar-refractivity contribution in [3.8, 4) is 0 Å². The van der Waals surface area contributed by atoms with Gasteiger partial charge in [0.15, 0.2) is 0 Å². The van der Waals surface area contributed by atoms with E-state index in [-0.39, 0.29) is 0 Å². The quantitative estimate of drug-likeness (QED) is 0.294. The van der Waals surface area contributed by atoms with Crippen LogP contribution in [0, 0.1) is 0 Å². The second-order valence-corrected chi connectivity index (χ2v) is 1.43. The number of hydrogen-bond donors (Lipinski definition) is 1. The minimum atomic E-state index is 1.69. The maximum Gasteiger partial charge on any atom is 0.110 e. The highest BCUT2D eigenvalue weighted by atomic mass is 15.3. The van der Waals surface area contributed by atoms with Crippen LogP contribution in [0.3, 0.4) is 0 Å². The van der Waals surface area contributed by atoms with E-state index < -0.39 is 0 Å². The first-order chi connectivity index (χ1) is 3.27. The highest BCUT2D eigenvalue weighted by Crippen LogP contribution is 1.59. The molecule has 0 aromatic rings. The van der Waals surface area contributed by atoms with Crippen molar-refractivity contribution < 1.29 is 0 Å². The first kappa shape index (κ1) is 6.27. The highest BCUT2D eigenvalue weighted by molar-refractivity contribution is 5.53. The molecule has 0 aromatic carbocycles. The van der Waals surface area contributed by atoms with Gasteiger partial charge >= 0.3 is 0 Å². The molecule has 0 radical (unpaired) electrons. The van der Waals surface area contributed by atoms with Gasteiger partial charge in [-0.3, -0.25) is 0 Å². The fourth-order valence-electron chi connectivity index (χ4n) is 0.173. The molecule has 0 fully saturated rings. The van der Waals surface area contributed by atoms with Gasteiger partial charge < -0.3 is 10.3 Å². The van der Waals surface area contributed by atoms with Gasteiger partial charge in [-0.2, -0.15) is 5.10 Å². The summed E-state index contributed by atoms with van der Waals surface area (Å²) in [7, 11) is 5.60. The molecule has 0 rings (SSSR count). The molecule has 1 N–H and O–H groups in total. The lowest BCUT2D eigenvalue weighted by atomic mass is 11.0. The lowest BCUT2D eigenvalue weighted by molar-refractivity contribution is 0.633. The summed E-state index contributed by atoms with van der Waals surface area (Å²) in [5.74, 6) is 0. The minimum absolute atomic E-state index is 1.69. The van der Waals surface area contributed by atoms with Crippen LogP contribution >= 0.6 is 0 Å². The zero-order valence-corrected chi connectivity index (χ0v) is 4.97. The number of nitrogens with one attached hydrogen (secondary N) is 1. The lowest BCUT2D eigenvalue weighted by Crippen LogP contribution is -2.10. The van der Waals surface area contributed by atoms with Crippen LogP contribution in [0.5, 0.6) is 0 Å². The molecule has 0 aliphatic carbocycles. The van der Waals surface area contributed by atoms with E-state index in [1.165, 1.54) is 0 Å². The van der Waals surface area contributed by atoms with Crippen molar-refractivity contribution in [1.82, 2.24) is 10.3 Å². The average Bonchev–Trinajstić information content (AvgIpc) is 1.61. The summed E-state index contributed by atoms with van der Waals surface area (Å²) < 4.78 is 0. The van der Waals surface area contributed by atoms with Crippen LogP contribution in [0.1, 0.15) is 0 Å². The molecule has 0 bridgehead atoms. The van der Waals surface area contributed by atoms with Gasteiger partial charge in [-0.25, -0.2) is 0 Å². The molecular weight excluding hydrogens is 90.1 g/mol. The van der Waals surface area contributed by atoms with Gasteiger partial charge in [0.05, 0.1) is 0 Å². The standard InChI is InChI=1S/C4H11N3/c1-5-6-4-7(2)3/h4-5H,1-3H3. The molecule has 0 atom stereocenters. The van der Waals surface area contributed by atoms with Crippen molar-refractivity contribution >= 4 is 6.34 Å².